The van der Waals surface area contributed by atoms with Gasteiger partial charge in [0.1, 0.15) is 5.82 Å². The second kappa shape index (κ2) is 6.13. The van der Waals surface area contributed by atoms with Gasteiger partial charge < -0.3 is 5.32 Å². The molecule has 27 heavy (non-hydrogen) atoms. The van der Waals surface area contributed by atoms with Crippen LogP contribution in [0.25, 0.3) is 16.6 Å². The smallest absolute Gasteiger partial charge is 0.281 e. The van der Waals surface area contributed by atoms with E-state index < -0.39 is 17.3 Å². The Labute approximate surface area is 150 Å². The molecule has 0 atom stereocenters. The average molecular weight is 365 g/mol. The molecule has 0 saturated heterocycles. The Balaban J connectivity index is 1.78. The van der Waals surface area contributed by atoms with Crippen molar-refractivity contribution in [2.45, 2.75) is 6.92 Å². The number of hydrogen-bond donors (Lipinski definition) is 2. The molecule has 2 aromatic carbocycles. The number of anilines is 1. The number of nitrogens with zero attached hydrogens (tertiary/aromatic N) is 3. The fourth-order valence-corrected chi connectivity index (χ4v) is 2.76. The van der Waals surface area contributed by atoms with Crippen molar-refractivity contribution in [1.29, 1.82) is 0 Å². The summed E-state index contributed by atoms with van der Waals surface area (Å²) >= 11 is 0. The molecule has 2 aromatic heterocycles. The number of aromatic nitrogens is 4. The van der Waals surface area contributed by atoms with Crippen molar-refractivity contribution in [2.75, 3.05) is 5.32 Å². The first-order valence-corrected chi connectivity index (χ1v) is 7.93. The number of rotatable bonds is 3. The summed E-state index contributed by atoms with van der Waals surface area (Å²) in [7, 11) is 0. The number of fused-ring (bicyclic) bond motifs is 3. The van der Waals surface area contributed by atoms with Crippen LogP contribution in [-0.2, 0) is 0 Å². The molecule has 4 aromatic rings. The molecule has 2 N–H and O–H groups in total. The van der Waals surface area contributed by atoms with Crippen LogP contribution in [0.4, 0.5) is 10.1 Å². The van der Waals surface area contributed by atoms with Gasteiger partial charge in [0.2, 0.25) is 0 Å². The van der Waals surface area contributed by atoms with Crippen LogP contribution >= 0.6 is 0 Å². The lowest BCUT2D eigenvalue weighted by Crippen LogP contribution is -2.16. The molecule has 9 heteroatoms. The second-order valence-corrected chi connectivity index (χ2v) is 5.89. The predicted octanol–water partition coefficient (Wildman–Crippen LogP) is 2.16. The summed E-state index contributed by atoms with van der Waals surface area (Å²) in [6, 6.07) is 10.1. The molecule has 0 aliphatic carbocycles. The van der Waals surface area contributed by atoms with Gasteiger partial charge >= 0.3 is 0 Å². The summed E-state index contributed by atoms with van der Waals surface area (Å²) in [5, 5.41) is 9.21. The van der Waals surface area contributed by atoms with E-state index in [-0.39, 0.29) is 22.5 Å². The molecule has 0 aliphatic rings. The first-order chi connectivity index (χ1) is 12.9. The molecular formula is C18H12FN5O3. The molecule has 0 fully saturated rings. The van der Waals surface area contributed by atoms with E-state index in [0.29, 0.717) is 16.8 Å². The Morgan fingerprint density at radius 3 is 2.78 bits per heavy atom. The maximum absolute atomic E-state index is 13.4. The Bertz CT molecular complexity index is 1290. The SMILES string of the molecule is CC(=O)c1cccc(NC(=O)c2n[nH]n3c2nc(=O)c2cc(F)ccc23)c1. The molecule has 134 valence electrons. The van der Waals surface area contributed by atoms with Gasteiger partial charge in [-0.1, -0.05) is 12.1 Å². The van der Waals surface area contributed by atoms with Gasteiger partial charge in [-0.25, -0.2) is 14.1 Å². The maximum Gasteiger partial charge on any atom is 0.281 e. The number of hydrogen-bond acceptors (Lipinski definition) is 5. The summed E-state index contributed by atoms with van der Waals surface area (Å²) in [4.78, 5) is 40.1. The first kappa shape index (κ1) is 16.6. The Kier molecular flexibility index (Phi) is 3.76. The predicted molar refractivity (Wildman–Crippen MR) is 95.5 cm³/mol. The lowest BCUT2D eigenvalue weighted by Gasteiger charge is -2.05. The van der Waals surface area contributed by atoms with E-state index >= 15 is 0 Å². The van der Waals surface area contributed by atoms with E-state index in [4.69, 9.17) is 0 Å². The minimum Gasteiger partial charge on any atom is -0.320 e. The Morgan fingerprint density at radius 2 is 2.00 bits per heavy atom. The first-order valence-electron chi connectivity index (χ1n) is 7.93. The summed E-state index contributed by atoms with van der Waals surface area (Å²) < 4.78 is 14.7. The van der Waals surface area contributed by atoms with Crippen LogP contribution in [-0.4, -0.2) is 31.5 Å². The summed E-state index contributed by atoms with van der Waals surface area (Å²) in [6.07, 6.45) is 0. The average Bonchev–Trinajstić information content (AvgIpc) is 3.06. The fourth-order valence-electron chi connectivity index (χ4n) is 2.76. The van der Waals surface area contributed by atoms with Crippen LogP contribution in [0.2, 0.25) is 0 Å². The summed E-state index contributed by atoms with van der Waals surface area (Å²) in [6.45, 7) is 1.42. The van der Waals surface area contributed by atoms with Crippen molar-refractivity contribution in [3.8, 4) is 0 Å². The minimum absolute atomic E-state index is 0.0133. The fraction of sp³-hybridized carbons (Fsp3) is 0.0556. The highest BCUT2D eigenvalue weighted by atomic mass is 19.1. The molecule has 8 nitrogen and oxygen atoms in total. The number of H-pyrrole nitrogens is 1. The zero-order valence-electron chi connectivity index (χ0n) is 14.0. The molecule has 0 radical (unpaired) electrons. The molecule has 0 saturated carbocycles. The molecule has 1 amide bonds. The normalized spacial score (nSPS) is 11.0. The van der Waals surface area contributed by atoms with E-state index in [0.717, 1.165) is 6.07 Å². The van der Waals surface area contributed by atoms with Gasteiger partial charge in [-0.15, -0.1) is 5.10 Å². The van der Waals surface area contributed by atoms with Crippen LogP contribution in [0.3, 0.4) is 0 Å². The summed E-state index contributed by atoms with van der Waals surface area (Å²) in [5.74, 6) is -1.31. The highest BCUT2D eigenvalue weighted by Crippen LogP contribution is 2.16. The maximum atomic E-state index is 13.4. The molecular weight excluding hydrogens is 353 g/mol. The standard InChI is InChI=1S/C18H12FN5O3/c1-9(25)10-3-2-4-12(7-10)20-18(27)15-16-21-17(26)13-8-11(19)5-6-14(13)24(16)23-22-15/h2-8,23H,1H3,(H,20,27). The van der Waals surface area contributed by atoms with Crippen molar-refractivity contribution >= 4 is 33.9 Å². The monoisotopic (exact) mass is 365 g/mol. The quantitative estimate of drug-likeness (QED) is 0.541. The molecule has 4 rings (SSSR count). The number of halogens is 1. The van der Waals surface area contributed by atoms with Gasteiger partial charge in [0.05, 0.1) is 10.9 Å². The van der Waals surface area contributed by atoms with E-state index in [9.17, 15) is 18.8 Å². The van der Waals surface area contributed by atoms with E-state index in [1.165, 1.54) is 29.6 Å². The van der Waals surface area contributed by atoms with Gasteiger partial charge in [-0.2, -0.15) is 4.98 Å². The van der Waals surface area contributed by atoms with Crippen LogP contribution in [0.1, 0.15) is 27.8 Å². The second-order valence-electron chi connectivity index (χ2n) is 5.89. The molecule has 0 bridgehead atoms. The van der Waals surface area contributed by atoms with Gasteiger partial charge in [-0.3, -0.25) is 14.4 Å². The number of aromatic amines is 1. The highest BCUT2D eigenvalue weighted by molar-refractivity contribution is 6.07. The van der Waals surface area contributed by atoms with Crippen molar-refractivity contribution in [3.05, 3.63) is 69.9 Å². The van der Waals surface area contributed by atoms with Crippen LogP contribution < -0.4 is 10.9 Å². The lowest BCUT2D eigenvalue weighted by atomic mass is 10.1. The zero-order valence-corrected chi connectivity index (χ0v) is 14.0. The van der Waals surface area contributed by atoms with E-state index in [1.807, 2.05) is 0 Å². The number of carbonyl (C=O) groups is 2. The summed E-state index contributed by atoms with van der Waals surface area (Å²) in [5.41, 5.74) is 0.432. The largest absolute Gasteiger partial charge is 0.320 e. The van der Waals surface area contributed by atoms with E-state index in [2.05, 4.69) is 20.6 Å². The molecule has 0 spiro atoms. The van der Waals surface area contributed by atoms with Crippen molar-refractivity contribution < 1.29 is 14.0 Å². The van der Waals surface area contributed by atoms with Crippen molar-refractivity contribution in [2.24, 2.45) is 0 Å². The molecule has 0 unspecified atom stereocenters. The Hall–Kier alpha value is -3.88. The highest BCUT2D eigenvalue weighted by Gasteiger charge is 2.19. The number of ketones is 1. The van der Waals surface area contributed by atoms with Gasteiger partial charge in [0.15, 0.2) is 17.1 Å². The van der Waals surface area contributed by atoms with Crippen LogP contribution in [0.15, 0.2) is 47.3 Å². The number of amides is 1. The lowest BCUT2D eigenvalue weighted by molar-refractivity contribution is 0.101. The number of carbonyl (C=O) groups excluding carboxylic acids is 2. The minimum atomic E-state index is -0.668. The van der Waals surface area contributed by atoms with Crippen LogP contribution in [0.5, 0.6) is 0 Å². The zero-order chi connectivity index (χ0) is 19.1. The molecule has 0 aliphatic heterocycles. The third-order valence-electron chi connectivity index (χ3n) is 4.06. The van der Waals surface area contributed by atoms with Gasteiger partial charge in [0, 0.05) is 11.3 Å². The third kappa shape index (κ3) is 2.84. The van der Waals surface area contributed by atoms with Gasteiger partial charge in [-0.05, 0) is 37.3 Å². The van der Waals surface area contributed by atoms with E-state index in [1.54, 1.807) is 18.2 Å². The Morgan fingerprint density at radius 1 is 1.19 bits per heavy atom. The topological polar surface area (TPSA) is 109 Å². The van der Waals surface area contributed by atoms with Crippen molar-refractivity contribution in [1.82, 2.24) is 19.8 Å². The number of Topliss-reactive ketones (excluding diaryl/α,β-unsaturated/α-hetero) is 1. The number of nitrogens with one attached hydrogen (secondary N) is 2. The van der Waals surface area contributed by atoms with Crippen molar-refractivity contribution in [3.63, 3.8) is 0 Å². The third-order valence-corrected chi connectivity index (χ3v) is 4.06. The number of benzene rings is 2. The molecule has 2 heterocycles. The van der Waals surface area contributed by atoms with Gasteiger partial charge in [0.25, 0.3) is 11.5 Å². The van der Waals surface area contributed by atoms with Crippen LogP contribution in [0, 0.1) is 5.82 Å².